The van der Waals surface area contributed by atoms with Gasteiger partial charge in [0.1, 0.15) is 0 Å². The minimum atomic E-state index is -4.43. The normalized spacial score (nSPS) is 21.3. The zero-order valence-electron chi connectivity index (χ0n) is 10.6. The Kier molecular flexibility index (Phi) is 5.89. The zero-order chi connectivity index (χ0) is 13.6. The van der Waals surface area contributed by atoms with E-state index in [9.17, 15) is 13.2 Å². The minimum Gasteiger partial charge on any atom is -0.314 e. The van der Waals surface area contributed by atoms with Crippen molar-refractivity contribution in [2.75, 3.05) is 26.2 Å². The maximum Gasteiger partial charge on any atom is 0.405 e. The predicted octanol–water partition coefficient (Wildman–Crippen LogP) is 2.15. The first-order chi connectivity index (χ1) is 8.45. The fourth-order valence-electron chi connectivity index (χ4n) is 2.16. The van der Waals surface area contributed by atoms with Crippen molar-refractivity contribution in [2.45, 2.75) is 38.4 Å². The van der Waals surface area contributed by atoms with E-state index in [0.29, 0.717) is 6.54 Å². The molecule has 1 fully saturated rings. The van der Waals surface area contributed by atoms with Gasteiger partial charge in [0.25, 0.3) is 0 Å². The van der Waals surface area contributed by atoms with Crippen LogP contribution in [0.15, 0.2) is 0 Å². The molecule has 1 heterocycles. The number of hydrogen-bond donors (Lipinski definition) is 1. The molecule has 3 nitrogen and oxygen atoms in total. The third-order valence-corrected chi connectivity index (χ3v) is 3.35. The molecule has 1 aliphatic rings. The highest BCUT2D eigenvalue weighted by molar-refractivity contribution is 4.90. The Morgan fingerprint density at radius 3 is 2.33 bits per heavy atom. The lowest BCUT2D eigenvalue weighted by Crippen LogP contribution is -2.44. The molecule has 6 heteroatoms. The summed E-state index contributed by atoms with van der Waals surface area (Å²) in [5, 5.41) is 11.2. The van der Waals surface area contributed by atoms with Crippen LogP contribution in [0.25, 0.3) is 0 Å². The summed E-state index contributed by atoms with van der Waals surface area (Å²) in [6, 6.07) is 1.51. The number of likely N-dealkylation sites (tertiary alicyclic amines) is 1. The molecule has 1 saturated heterocycles. The first-order valence-electron chi connectivity index (χ1n) is 6.36. The maximum absolute atomic E-state index is 12.3. The second kappa shape index (κ2) is 6.95. The Labute approximate surface area is 106 Å². The molecular weight excluding hydrogens is 243 g/mol. The number of halogens is 3. The van der Waals surface area contributed by atoms with Crippen LogP contribution in [-0.2, 0) is 0 Å². The maximum atomic E-state index is 12.3. The lowest BCUT2D eigenvalue weighted by Gasteiger charge is -2.32. The summed E-state index contributed by atoms with van der Waals surface area (Å²) in [4.78, 5) is 2.28. The van der Waals surface area contributed by atoms with Gasteiger partial charge in [0.05, 0.1) is 6.07 Å². The number of nitrogens with one attached hydrogen (secondary N) is 1. The van der Waals surface area contributed by atoms with Crippen LogP contribution >= 0.6 is 0 Å². The SMILES string of the molecule is CC(CNCC(C#N)C(F)(F)F)N1CCCCC1. The van der Waals surface area contributed by atoms with Gasteiger partial charge in [-0.3, -0.25) is 4.90 Å². The van der Waals surface area contributed by atoms with Gasteiger partial charge < -0.3 is 5.32 Å². The molecule has 1 aliphatic heterocycles. The van der Waals surface area contributed by atoms with Gasteiger partial charge in [0, 0.05) is 19.1 Å². The molecule has 0 aromatic rings. The smallest absolute Gasteiger partial charge is 0.314 e. The van der Waals surface area contributed by atoms with E-state index in [4.69, 9.17) is 5.26 Å². The quantitative estimate of drug-likeness (QED) is 0.826. The molecule has 0 aromatic heterocycles. The lowest BCUT2D eigenvalue weighted by atomic mass is 10.1. The van der Waals surface area contributed by atoms with E-state index in [1.165, 1.54) is 12.5 Å². The molecule has 0 radical (unpaired) electrons. The molecule has 2 atom stereocenters. The van der Waals surface area contributed by atoms with E-state index in [2.05, 4.69) is 10.2 Å². The van der Waals surface area contributed by atoms with Crippen LogP contribution in [-0.4, -0.2) is 43.3 Å². The Morgan fingerprint density at radius 1 is 1.22 bits per heavy atom. The molecule has 104 valence electrons. The third-order valence-electron chi connectivity index (χ3n) is 3.35. The van der Waals surface area contributed by atoms with Crippen molar-refractivity contribution in [2.24, 2.45) is 5.92 Å². The molecule has 0 bridgehead atoms. The van der Waals surface area contributed by atoms with Crippen LogP contribution in [0.5, 0.6) is 0 Å². The monoisotopic (exact) mass is 263 g/mol. The summed E-state index contributed by atoms with van der Waals surface area (Å²) in [5.41, 5.74) is 0. The first-order valence-corrected chi connectivity index (χ1v) is 6.36. The highest BCUT2D eigenvalue weighted by atomic mass is 19.4. The van der Waals surface area contributed by atoms with Crippen LogP contribution in [0, 0.1) is 17.2 Å². The summed E-state index contributed by atoms with van der Waals surface area (Å²) < 4.78 is 37.0. The molecule has 0 spiro atoms. The van der Waals surface area contributed by atoms with Crippen LogP contribution in [0.3, 0.4) is 0 Å². The van der Waals surface area contributed by atoms with Crippen LogP contribution in [0.1, 0.15) is 26.2 Å². The molecular formula is C12H20F3N3. The van der Waals surface area contributed by atoms with Gasteiger partial charge in [-0.05, 0) is 32.9 Å². The van der Waals surface area contributed by atoms with Crippen LogP contribution < -0.4 is 5.32 Å². The molecule has 2 unspecified atom stereocenters. The zero-order valence-corrected chi connectivity index (χ0v) is 10.6. The second-order valence-electron chi connectivity index (χ2n) is 4.83. The summed E-state index contributed by atoms with van der Waals surface area (Å²) in [5.74, 6) is -1.91. The van der Waals surface area contributed by atoms with Gasteiger partial charge in [0.15, 0.2) is 5.92 Å². The van der Waals surface area contributed by atoms with Crippen molar-refractivity contribution >= 4 is 0 Å². The third kappa shape index (κ3) is 4.83. The molecule has 18 heavy (non-hydrogen) atoms. The van der Waals surface area contributed by atoms with Crippen LogP contribution in [0.2, 0.25) is 0 Å². The molecule has 0 aromatic carbocycles. The number of alkyl halides is 3. The number of hydrogen-bond acceptors (Lipinski definition) is 3. The standard InChI is InChI=1S/C12H20F3N3/c1-10(18-5-3-2-4-6-18)8-17-9-11(7-16)12(13,14)15/h10-11,17H,2-6,8-9H2,1H3. The van der Waals surface area contributed by atoms with Crippen LogP contribution in [0.4, 0.5) is 13.2 Å². The van der Waals surface area contributed by atoms with E-state index >= 15 is 0 Å². The first kappa shape index (κ1) is 15.3. The molecule has 0 saturated carbocycles. The number of nitriles is 1. The van der Waals surface area contributed by atoms with Crippen molar-refractivity contribution in [3.63, 3.8) is 0 Å². The Morgan fingerprint density at radius 2 is 1.83 bits per heavy atom. The highest BCUT2D eigenvalue weighted by Gasteiger charge is 2.39. The van der Waals surface area contributed by atoms with E-state index < -0.39 is 12.1 Å². The van der Waals surface area contributed by atoms with Gasteiger partial charge in [-0.1, -0.05) is 6.42 Å². The van der Waals surface area contributed by atoms with Gasteiger partial charge in [-0.15, -0.1) is 0 Å². The second-order valence-corrected chi connectivity index (χ2v) is 4.83. The van der Waals surface area contributed by atoms with Crippen molar-refractivity contribution in [3.8, 4) is 6.07 Å². The Hall–Kier alpha value is -0.800. The predicted molar refractivity (Wildman–Crippen MR) is 62.9 cm³/mol. The Balaban J connectivity index is 2.26. The van der Waals surface area contributed by atoms with E-state index in [-0.39, 0.29) is 12.6 Å². The van der Waals surface area contributed by atoms with Gasteiger partial charge in [-0.25, -0.2) is 0 Å². The molecule has 1 N–H and O–H groups in total. The molecule has 0 amide bonds. The average Bonchev–Trinajstić information content (AvgIpc) is 2.34. The number of rotatable bonds is 5. The molecule has 0 aliphatic carbocycles. The van der Waals surface area contributed by atoms with Gasteiger partial charge >= 0.3 is 6.18 Å². The highest BCUT2D eigenvalue weighted by Crippen LogP contribution is 2.24. The minimum absolute atomic E-state index is 0.220. The average molecular weight is 263 g/mol. The number of nitrogens with zero attached hydrogens (tertiary/aromatic N) is 2. The van der Waals surface area contributed by atoms with Crippen molar-refractivity contribution in [3.05, 3.63) is 0 Å². The van der Waals surface area contributed by atoms with Crippen molar-refractivity contribution in [1.82, 2.24) is 10.2 Å². The lowest BCUT2D eigenvalue weighted by molar-refractivity contribution is -0.157. The fraction of sp³-hybridized carbons (Fsp3) is 0.917. The number of piperidine rings is 1. The summed E-state index contributed by atoms with van der Waals surface area (Å²) in [6.45, 7) is 4.22. The molecule has 1 rings (SSSR count). The largest absolute Gasteiger partial charge is 0.405 e. The Bertz CT molecular complexity index is 279. The van der Waals surface area contributed by atoms with E-state index in [1.807, 2.05) is 6.92 Å². The van der Waals surface area contributed by atoms with E-state index in [0.717, 1.165) is 25.9 Å². The van der Waals surface area contributed by atoms with Gasteiger partial charge in [-0.2, -0.15) is 18.4 Å². The summed E-state index contributed by atoms with van der Waals surface area (Å²) in [7, 11) is 0. The fourth-order valence-corrected chi connectivity index (χ4v) is 2.16. The van der Waals surface area contributed by atoms with Gasteiger partial charge in [0.2, 0.25) is 0 Å². The topological polar surface area (TPSA) is 39.1 Å². The van der Waals surface area contributed by atoms with E-state index in [1.54, 1.807) is 0 Å². The van der Waals surface area contributed by atoms with Crippen molar-refractivity contribution < 1.29 is 13.2 Å². The van der Waals surface area contributed by atoms with Crippen molar-refractivity contribution in [1.29, 1.82) is 5.26 Å². The summed E-state index contributed by atoms with van der Waals surface area (Å²) >= 11 is 0. The summed E-state index contributed by atoms with van der Waals surface area (Å²) in [6.07, 6.45) is -0.876.